The van der Waals surface area contributed by atoms with Gasteiger partial charge in [-0.1, -0.05) is 11.6 Å². The Morgan fingerprint density at radius 2 is 2.10 bits per heavy atom. The number of carbonyl (C=O) groups is 1. The predicted molar refractivity (Wildman–Crippen MR) is 81.3 cm³/mol. The van der Waals surface area contributed by atoms with Gasteiger partial charge in [0.2, 0.25) is 5.15 Å². The third kappa shape index (κ3) is 3.52. The van der Waals surface area contributed by atoms with Crippen molar-refractivity contribution in [1.29, 1.82) is 0 Å². The molecule has 0 unspecified atom stereocenters. The number of pyridine rings is 1. The van der Waals surface area contributed by atoms with E-state index in [1.54, 1.807) is 0 Å². The second-order valence-corrected chi connectivity index (χ2v) is 5.46. The number of aromatic nitrogens is 3. The molecule has 11 heteroatoms. The van der Waals surface area contributed by atoms with Crippen LogP contribution in [0.2, 0.25) is 5.15 Å². The van der Waals surface area contributed by atoms with Crippen LogP contribution in [0.1, 0.15) is 10.4 Å². The summed E-state index contributed by atoms with van der Waals surface area (Å²) < 4.78 is 0.735. The van der Waals surface area contributed by atoms with E-state index in [9.17, 15) is 14.9 Å². The number of nitrogens with one attached hydrogen (secondary N) is 1. The first-order chi connectivity index (χ1) is 9.90. The molecule has 21 heavy (non-hydrogen) atoms. The highest BCUT2D eigenvalue weighted by atomic mass is 79.9. The first kappa shape index (κ1) is 15.7. The summed E-state index contributed by atoms with van der Waals surface area (Å²) in [6.07, 6.45) is 2.57. The second kappa shape index (κ2) is 6.41. The fourth-order valence-electron chi connectivity index (χ4n) is 1.39. The first-order valence-corrected chi connectivity index (χ1v) is 7.15. The van der Waals surface area contributed by atoms with Gasteiger partial charge in [-0.05, 0) is 37.9 Å². The number of amides is 1. The number of nitrogens with zero attached hydrogens (tertiary/aromatic N) is 4. The van der Waals surface area contributed by atoms with Gasteiger partial charge in [0.1, 0.15) is 14.8 Å². The van der Waals surface area contributed by atoms with Gasteiger partial charge in [-0.3, -0.25) is 14.9 Å². The Labute approximate surface area is 139 Å². The topological polar surface area (TPSA) is 111 Å². The van der Waals surface area contributed by atoms with Crippen LogP contribution in [0.25, 0.3) is 0 Å². The van der Waals surface area contributed by atoms with Crippen molar-refractivity contribution < 1.29 is 9.72 Å². The molecule has 0 spiro atoms. The van der Waals surface area contributed by atoms with Crippen molar-refractivity contribution in [3.05, 3.63) is 48.5 Å². The Morgan fingerprint density at radius 1 is 1.38 bits per heavy atom. The van der Waals surface area contributed by atoms with Gasteiger partial charge in [-0.2, -0.15) is 0 Å². The molecule has 2 aromatic rings. The van der Waals surface area contributed by atoms with Gasteiger partial charge >= 0.3 is 5.69 Å². The number of hydrogen-bond donors (Lipinski definition) is 1. The largest absolute Gasteiger partial charge is 0.319 e. The van der Waals surface area contributed by atoms with E-state index in [0.29, 0.717) is 4.60 Å². The Hall–Kier alpha value is -1.65. The highest BCUT2D eigenvalue weighted by Crippen LogP contribution is 2.27. The number of carbonyl (C=O) groups excluding carboxylic acids is 1. The average Bonchev–Trinajstić information content (AvgIpc) is 2.41. The molecule has 0 aromatic carbocycles. The van der Waals surface area contributed by atoms with Crippen LogP contribution in [0.4, 0.5) is 11.5 Å². The molecule has 2 rings (SSSR count). The molecule has 2 aromatic heterocycles. The lowest BCUT2D eigenvalue weighted by Crippen LogP contribution is -2.16. The van der Waals surface area contributed by atoms with Crippen molar-refractivity contribution in [3.8, 4) is 0 Å². The zero-order valence-electron chi connectivity index (χ0n) is 9.88. The van der Waals surface area contributed by atoms with Gasteiger partial charge in [-0.15, -0.1) is 0 Å². The smallest absolute Gasteiger partial charge is 0.304 e. The number of rotatable bonds is 3. The number of anilines is 1. The van der Waals surface area contributed by atoms with Crippen LogP contribution < -0.4 is 5.32 Å². The highest BCUT2D eigenvalue weighted by Gasteiger charge is 2.25. The number of hydrogen-bond acceptors (Lipinski definition) is 6. The summed E-state index contributed by atoms with van der Waals surface area (Å²) in [5.41, 5.74) is -0.797. The molecule has 108 valence electrons. The van der Waals surface area contributed by atoms with E-state index in [1.165, 1.54) is 18.5 Å². The normalized spacial score (nSPS) is 10.2. The predicted octanol–water partition coefficient (Wildman–Crippen LogP) is 3.21. The quantitative estimate of drug-likeness (QED) is 0.448. The van der Waals surface area contributed by atoms with E-state index < -0.39 is 16.5 Å². The van der Waals surface area contributed by atoms with Gasteiger partial charge in [0.15, 0.2) is 5.82 Å². The third-order valence-electron chi connectivity index (χ3n) is 2.24. The summed E-state index contributed by atoms with van der Waals surface area (Å²) >= 11 is 11.9. The van der Waals surface area contributed by atoms with Crippen molar-refractivity contribution in [3.63, 3.8) is 0 Å². The summed E-state index contributed by atoms with van der Waals surface area (Å²) in [4.78, 5) is 33.8. The molecule has 2 heterocycles. The maximum absolute atomic E-state index is 12.1. The van der Waals surface area contributed by atoms with E-state index in [4.69, 9.17) is 11.6 Å². The molecule has 0 atom stereocenters. The molecule has 0 radical (unpaired) electrons. The number of halogens is 3. The van der Waals surface area contributed by atoms with Gasteiger partial charge < -0.3 is 5.32 Å². The van der Waals surface area contributed by atoms with Crippen LogP contribution in [0.15, 0.2) is 27.7 Å². The average molecular weight is 437 g/mol. The Morgan fingerprint density at radius 3 is 2.71 bits per heavy atom. The molecule has 0 bridgehead atoms. The van der Waals surface area contributed by atoms with Crippen molar-refractivity contribution in [1.82, 2.24) is 15.0 Å². The molecular weight excluding hydrogens is 433 g/mol. The molecule has 0 aliphatic carbocycles. The third-order valence-corrected chi connectivity index (χ3v) is 3.45. The molecule has 1 amide bonds. The fourth-order valence-corrected chi connectivity index (χ4v) is 2.53. The van der Waals surface area contributed by atoms with Crippen molar-refractivity contribution in [2.75, 3.05) is 5.32 Å². The Bertz CT molecular complexity index is 743. The van der Waals surface area contributed by atoms with Gasteiger partial charge in [-0.25, -0.2) is 15.0 Å². The minimum atomic E-state index is -0.771. The van der Waals surface area contributed by atoms with Crippen LogP contribution in [0, 0.1) is 10.1 Å². The lowest BCUT2D eigenvalue weighted by molar-refractivity contribution is -0.385. The summed E-state index contributed by atoms with van der Waals surface area (Å²) in [6.45, 7) is 0. The minimum absolute atomic E-state index is 0.116. The zero-order valence-corrected chi connectivity index (χ0v) is 13.8. The second-order valence-electron chi connectivity index (χ2n) is 3.54. The zero-order chi connectivity index (χ0) is 15.6. The van der Waals surface area contributed by atoms with E-state index in [2.05, 4.69) is 52.1 Å². The minimum Gasteiger partial charge on any atom is -0.304 e. The maximum atomic E-state index is 12.1. The molecule has 0 aliphatic heterocycles. The van der Waals surface area contributed by atoms with E-state index >= 15 is 0 Å². The maximum Gasteiger partial charge on any atom is 0.319 e. The fraction of sp³-hybridized carbons (Fsp3) is 0. The van der Waals surface area contributed by atoms with Crippen molar-refractivity contribution in [2.24, 2.45) is 0 Å². The molecule has 0 aliphatic rings. The van der Waals surface area contributed by atoms with Crippen molar-refractivity contribution >= 4 is 60.9 Å². The number of nitro groups is 1. The molecule has 0 saturated carbocycles. The molecular formula is C10H4Br2ClN5O3. The van der Waals surface area contributed by atoms with E-state index in [0.717, 1.165) is 0 Å². The Balaban J connectivity index is 2.37. The Kier molecular flexibility index (Phi) is 4.80. The SMILES string of the molecule is O=C(Nc1ncc(Br)nc1Br)c1ccnc(Cl)c1[N+](=O)[O-]. The first-order valence-electron chi connectivity index (χ1n) is 5.18. The van der Waals surface area contributed by atoms with Crippen LogP contribution in [0.5, 0.6) is 0 Å². The highest BCUT2D eigenvalue weighted by molar-refractivity contribution is 9.11. The van der Waals surface area contributed by atoms with Crippen LogP contribution >= 0.6 is 43.5 Å². The van der Waals surface area contributed by atoms with Gasteiger partial charge in [0, 0.05) is 6.20 Å². The lowest BCUT2D eigenvalue weighted by atomic mass is 10.2. The van der Waals surface area contributed by atoms with Gasteiger partial charge in [0.25, 0.3) is 5.91 Å². The molecule has 0 fully saturated rings. The molecule has 1 N–H and O–H groups in total. The standard InChI is InChI=1S/C10H4Br2ClN5O3/c11-5-3-15-9(7(12)16-5)17-10(19)4-1-2-14-8(13)6(4)18(20)21/h1-3H,(H,15,17,19). The molecule has 0 saturated heterocycles. The summed E-state index contributed by atoms with van der Waals surface area (Å²) in [5.74, 6) is -0.631. The molecule has 8 nitrogen and oxygen atoms in total. The summed E-state index contributed by atoms with van der Waals surface area (Å²) in [7, 11) is 0. The summed E-state index contributed by atoms with van der Waals surface area (Å²) in [6, 6.07) is 1.19. The van der Waals surface area contributed by atoms with Crippen LogP contribution in [0.3, 0.4) is 0 Å². The van der Waals surface area contributed by atoms with Crippen LogP contribution in [-0.2, 0) is 0 Å². The van der Waals surface area contributed by atoms with Gasteiger partial charge in [0.05, 0.1) is 11.1 Å². The monoisotopic (exact) mass is 435 g/mol. The lowest BCUT2D eigenvalue weighted by Gasteiger charge is -2.06. The van der Waals surface area contributed by atoms with E-state index in [-0.39, 0.29) is 21.1 Å². The van der Waals surface area contributed by atoms with Crippen molar-refractivity contribution in [2.45, 2.75) is 0 Å². The van der Waals surface area contributed by atoms with Crippen LogP contribution in [-0.4, -0.2) is 25.8 Å². The van der Waals surface area contributed by atoms with E-state index in [1.807, 2.05) is 0 Å². The summed E-state index contributed by atoms with van der Waals surface area (Å²) in [5, 5.41) is 13.0.